The maximum Gasteiger partial charge on any atom is 0.284 e. The number of carbonyl (C=O) groups is 1. The zero-order valence-electron chi connectivity index (χ0n) is 9.82. The second kappa shape index (κ2) is 5.78. The predicted octanol–water partition coefficient (Wildman–Crippen LogP) is 1.47. The van der Waals surface area contributed by atoms with E-state index in [2.05, 4.69) is 4.98 Å². The topological polar surface area (TPSA) is 85.4 Å². The lowest BCUT2D eigenvalue weighted by molar-refractivity contribution is 0.0976. The fourth-order valence-corrected chi connectivity index (χ4v) is 3.94. The van der Waals surface area contributed by atoms with Crippen LogP contribution in [-0.4, -0.2) is 26.4 Å². The fraction of sp³-hybridized carbons (Fsp3) is 0.200. The number of ether oxygens (including phenoxy) is 1. The van der Waals surface area contributed by atoms with Crippen molar-refractivity contribution in [2.45, 2.75) is 10.8 Å². The number of nitrogens with zero attached hydrogens (tertiary/aromatic N) is 1. The van der Waals surface area contributed by atoms with Crippen LogP contribution in [0.2, 0.25) is 0 Å². The Bertz CT molecular complexity index is 661. The van der Waals surface area contributed by atoms with Crippen LogP contribution >= 0.6 is 22.7 Å². The lowest BCUT2D eigenvalue weighted by Gasteiger charge is -2.02. The predicted molar refractivity (Wildman–Crippen MR) is 71.8 cm³/mol. The molecule has 0 aliphatic carbocycles. The summed E-state index contributed by atoms with van der Waals surface area (Å²) in [4.78, 5) is 15.8. The second-order valence-corrected chi connectivity index (χ2v) is 7.23. The molecule has 9 heteroatoms. The summed E-state index contributed by atoms with van der Waals surface area (Å²) in [7, 11) is -2.30. The first-order chi connectivity index (χ1) is 9.03. The third-order valence-corrected chi connectivity index (χ3v) is 5.59. The highest BCUT2D eigenvalue weighted by Gasteiger charge is 2.21. The highest BCUT2D eigenvalue weighted by atomic mass is 32.2. The molecule has 0 saturated carbocycles. The average Bonchev–Trinajstić information content (AvgIpc) is 2.99. The van der Waals surface area contributed by atoms with Crippen molar-refractivity contribution in [2.75, 3.05) is 7.11 Å². The molecule has 0 aromatic carbocycles. The Morgan fingerprint density at radius 2 is 2.26 bits per heavy atom. The molecule has 1 N–H and O–H groups in total. The van der Waals surface area contributed by atoms with Gasteiger partial charge in [0, 0.05) is 12.5 Å². The first kappa shape index (κ1) is 14.1. The summed E-state index contributed by atoms with van der Waals surface area (Å²) in [5.41, 5.74) is 0.0668. The molecule has 0 fully saturated rings. The molecule has 102 valence electrons. The van der Waals surface area contributed by atoms with Crippen LogP contribution in [0.4, 0.5) is 0 Å². The number of hydrogen-bond acceptors (Lipinski definition) is 7. The van der Waals surface area contributed by atoms with E-state index in [0.29, 0.717) is 5.01 Å². The number of methoxy groups -OCH3 is 1. The molecule has 0 atom stereocenters. The highest BCUT2D eigenvalue weighted by molar-refractivity contribution is 7.92. The third kappa shape index (κ3) is 3.38. The van der Waals surface area contributed by atoms with Crippen LogP contribution in [0.5, 0.6) is 0 Å². The molecular formula is C10H10N2O4S3. The lowest BCUT2D eigenvalue weighted by Crippen LogP contribution is -2.30. The SMILES string of the molecule is COCc1nc(C(=O)NS(=O)(=O)c2cccs2)cs1. The minimum Gasteiger partial charge on any atom is -0.378 e. The van der Waals surface area contributed by atoms with Crippen molar-refractivity contribution < 1.29 is 17.9 Å². The monoisotopic (exact) mass is 318 g/mol. The van der Waals surface area contributed by atoms with E-state index in [-0.39, 0.29) is 16.5 Å². The normalized spacial score (nSPS) is 11.4. The zero-order valence-corrected chi connectivity index (χ0v) is 12.3. The van der Waals surface area contributed by atoms with E-state index in [1.807, 2.05) is 4.72 Å². The summed E-state index contributed by atoms with van der Waals surface area (Å²) < 4.78 is 30.6. The number of aromatic nitrogens is 1. The molecule has 0 spiro atoms. The van der Waals surface area contributed by atoms with Crippen molar-refractivity contribution in [1.82, 2.24) is 9.71 Å². The van der Waals surface area contributed by atoms with Gasteiger partial charge in [-0.3, -0.25) is 4.79 Å². The molecule has 0 aliphatic heterocycles. The molecule has 19 heavy (non-hydrogen) atoms. The van der Waals surface area contributed by atoms with Crippen LogP contribution in [0.1, 0.15) is 15.5 Å². The van der Waals surface area contributed by atoms with Gasteiger partial charge in [0.25, 0.3) is 15.9 Å². The summed E-state index contributed by atoms with van der Waals surface area (Å²) in [5, 5.41) is 3.73. The highest BCUT2D eigenvalue weighted by Crippen LogP contribution is 2.16. The van der Waals surface area contributed by atoms with Gasteiger partial charge in [0.1, 0.15) is 14.9 Å². The van der Waals surface area contributed by atoms with Crippen molar-refractivity contribution in [3.05, 3.63) is 33.6 Å². The Kier molecular flexibility index (Phi) is 4.30. The molecule has 0 radical (unpaired) electrons. The first-order valence-corrected chi connectivity index (χ1v) is 8.31. The van der Waals surface area contributed by atoms with Crippen LogP contribution in [0.25, 0.3) is 0 Å². The molecule has 0 bridgehead atoms. The summed E-state index contributed by atoms with van der Waals surface area (Å²) in [6.45, 7) is 0.287. The molecular weight excluding hydrogens is 308 g/mol. The van der Waals surface area contributed by atoms with Crippen molar-refractivity contribution in [3.8, 4) is 0 Å². The molecule has 2 aromatic heterocycles. The van der Waals surface area contributed by atoms with Crippen LogP contribution < -0.4 is 4.72 Å². The van der Waals surface area contributed by atoms with Crippen LogP contribution in [0.15, 0.2) is 27.1 Å². The number of nitrogens with one attached hydrogen (secondary N) is 1. The van der Waals surface area contributed by atoms with Crippen molar-refractivity contribution in [2.24, 2.45) is 0 Å². The molecule has 0 unspecified atom stereocenters. The number of amides is 1. The summed E-state index contributed by atoms with van der Waals surface area (Å²) in [5.74, 6) is -0.744. The number of thiazole rings is 1. The number of carbonyl (C=O) groups excluding carboxylic acids is 1. The van der Waals surface area contributed by atoms with Gasteiger partial charge in [-0.25, -0.2) is 18.1 Å². The van der Waals surface area contributed by atoms with Gasteiger partial charge in [0.15, 0.2) is 0 Å². The van der Waals surface area contributed by atoms with Gasteiger partial charge in [0.05, 0.1) is 6.61 Å². The second-order valence-electron chi connectivity index (χ2n) is 3.43. The molecule has 2 rings (SSSR count). The van der Waals surface area contributed by atoms with E-state index in [0.717, 1.165) is 11.3 Å². The van der Waals surface area contributed by atoms with Gasteiger partial charge >= 0.3 is 0 Å². The van der Waals surface area contributed by atoms with Crippen LogP contribution in [-0.2, 0) is 21.4 Å². The molecule has 2 heterocycles. The van der Waals surface area contributed by atoms with Gasteiger partial charge in [-0.15, -0.1) is 22.7 Å². The Morgan fingerprint density at radius 3 is 2.89 bits per heavy atom. The summed E-state index contributed by atoms with van der Waals surface area (Å²) in [6, 6.07) is 3.03. The number of thiophene rings is 1. The van der Waals surface area contributed by atoms with Gasteiger partial charge < -0.3 is 4.74 Å². The Labute approximate surface area is 118 Å². The van der Waals surface area contributed by atoms with Crippen LogP contribution in [0, 0.1) is 0 Å². The largest absolute Gasteiger partial charge is 0.378 e. The molecule has 6 nitrogen and oxygen atoms in total. The minimum atomic E-state index is -3.81. The Balaban J connectivity index is 2.12. The summed E-state index contributed by atoms with van der Waals surface area (Å²) >= 11 is 2.28. The summed E-state index contributed by atoms with van der Waals surface area (Å²) in [6.07, 6.45) is 0. The van der Waals surface area contributed by atoms with Crippen LogP contribution in [0.3, 0.4) is 0 Å². The number of rotatable bonds is 5. The molecule has 0 aliphatic rings. The van der Waals surface area contributed by atoms with Gasteiger partial charge in [-0.05, 0) is 11.4 Å². The smallest absolute Gasteiger partial charge is 0.284 e. The van der Waals surface area contributed by atoms with E-state index < -0.39 is 15.9 Å². The third-order valence-electron chi connectivity index (χ3n) is 2.04. The van der Waals surface area contributed by atoms with Gasteiger partial charge in [-0.1, -0.05) is 6.07 Å². The lowest BCUT2D eigenvalue weighted by atomic mass is 10.5. The molecule has 0 saturated heterocycles. The van der Waals surface area contributed by atoms with Gasteiger partial charge in [-0.2, -0.15) is 0 Å². The zero-order chi connectivity index (χ0) is 13.9. The van der Waals surface area contributed by atoms with Gasteiger partial charge in [0.2, 0.25) is 0 Å². The Hall–Kier alpha value is -1.29. The van der Waals surface area contributed by atoms with E-state index in [1.165, 1.54) is 29.9 Å². The van der Waals surface area contributed by atoms with E-state index >= 15 is 0 Å². The van der Waals surface area contributed by atoms with Crippen molar-refractivity contribution in [1.29, 1.82) is 0 Å². The number of sulfonamides is 1. The average molecular weight is 318 g/mol. The molecule has 2 aromatic rings. The van der Waals surface area contributed by atoms with Crippen molar-refractivity contribution in [3.63, 3.8) is 0 Å². The fourth-order valence-electron chi connectivity index (χ4n) is 1.25. The quantitative estimate of drug-likeness (QED) is 0.902. The van der Waals surface area contributed by atoms with Crippen molar-refractivity contribution >= 4 is 38.6 Å². The first-order valence-electron chi connectivity index (χ1n) is 5.07. The maximum atomic E-state index is 11.8. The number of hydrogen-bond donors (Lipinski definition) is 1. The van der Waals surface area contributed by atoms with E-state index in [4.69, 9.17) is 4.74 Å². The molecule has 1 amide bonds. The van der Waals surface area contributed by atoms with E-state index in [9.17, 15) is 13.2 Å². The maximum absolute atomic E-state index is 11.8. The standard InChI is InChI=1S/C10H10N2O4S3/c1-16-5-8-11-7(6-18-8)10(13)12-19(14,15)9-3-2-4-17-9/h2-4,6H,5H2,1H3,(H,12,13). The Morgan fingerprint density at radius 1 is 1.47 bits per heavy atom. The van der Waals surface area contributed by atoms with E-state index in [1.54, 1.807) is 11.4 Å². The minimum absolute atomic E-state index is 0.0668.